The molecule has 0 unspecified atom stereocenters. The van der Waals surface area contributed by atoms with Crippen molar-refractivity contribution in [2.75, 3.05) is 0 Å². The number of hydrogen-bond acceptors (Lipinski definition) is 3. The third-order valence-corrected chi connectivity index (χ3v) is 2.94. The zero-order valence-corrected chi connectivity index (χ0v) is 11.3. The first-order valence-corrected chi connectivity index (χ1v) is 6.33. The fraction of sp³-hybridized carbons (Fsp3) is 0. The van der Waals surface area contributed by atoms with E-state index in [1.54, 1.807) is 54.6 Å². The lowest BCUT2D eigenvalue weighted by Crippen LogP contribution is -2.04. The Kier molecular flexibility index (Phi) is 4.69. The molecule has 4 heteroatoms. The van der Waals surface area contributed by atoms with E-state index in [0.29, 0.717) is 16.2 Å². The van der Waals surface area contributed by atoms with Crippen LogP contribution < -0.4 is 0 Å². The van der Waals surface area contributed by atoms with Crippen molar-refractivity contribution in [3.05, 3.63) is 76.3 Å². The monoisotopic (exact) mass is 285 g/mol. The molecule has 0 saturated heterocycles. The zero-order valence-electron chi connectivity index (χ0n) is 10.5. The molecule has 0 fully saturated rings. The maximum Gasteiger partial charge on any atom is 0.194 e. The first-order chi connectivity index (χ1) is 9.70. The molecule has 0 aliphatic heterocycles. The predicted molar refractivity (Wildman–Crippen MR) is 80.5 cm³/mol. The van der Waals surface area contributed by atoms with E-state index < -0.39 is 0 Å². The topological polar surface area (TPSA) is 49.7 Å². The van der Waals surface area contributed by atoms with Crippen LogP contribution in [0.15, 0.2) is 65.3 Å². The van der Waals surface area contributed by atoms with Crippen molar-refractivity contribution >= 4 is 29.7 Å². The van der Waals surface area contributed by atoms with Gasteiger partial charge in [0.2, 0.25) is 0 Å². The smallest absolute Gasteiger partial charge is 0.194 e. The number of carbonyl (C=O) groups is 1. The van der Waals surface area contributed by atoms with E-state index in [2.05, 4.69) is 5.16 Å². The second-order valence-corrected chi connectivity index (χ2v) is 4.53. The Morgan fingerprint density at radius 2 is 1.70 bits per heavy atom. The molecule has 0 bridgehead atoms. The van der Waals surface area contributed by atoms with Crippen molar-refractivity contribution in [2.45, 2.75) is 0 Å². The number of ketones is 1. The van der Waals surface area contributed by atoms with E-state index in [4.69, 9.17) is 16.8 Å². The summed E-state index contributed by atoms with van der Waals surface area (Å²) in [5.41, 5.74) is 1.63. The summed E-state index contributed by atoms with van der Waals surface area (Å²) in [7, 11) is 0. The molecule has 3 nitrogen and oxygen atoms in total. The lowest BCUT2D eigenvalue weighted by atomic mass is 10.0. The molecular weight excluding hydrogens is 274 g/mol. The highest BCUT2D eigenvalue weighted by molar-refractivity contribution is 6.30. The van der Waals surface area contributed by atoms with Gasteiger partial charge in [-0.2, -0.15) is 0 Å². The average Bonchev–Trinajstić information content (AvgIpc) is 2.49. The maximum atomic E-state index is 12.3. The van der Waals surface area contributed by atoms with E-state index in [1.165, 1.54) is 0 Å². The quantitative estimate of drug-likeness (QED) is 0.303. The first kappa shape index (κ1) is 14.0. The van der Waals surface area contributed by atoms with E-state index in [0.717, 1.165) is 11.8 Å². The van der Waals surface area contributed by atoms with Crippen molar-refractivity contribution in [2.24, 2.45) is 5.16 Å². The third kappa shape index (κ3) is 3.56. The molecular formula is C16H12ClNO2. The molecule has 2 aromatic rings. The van der Waals surface area contributed by atoms with Gasteiger partial charge in [-0.25, -0.2) is 0 Å². The number of Topliss-reactive ketones (excluding diaryl/α,β-unsaturated/α-hetero) is 1. The number of carbonyl (C=O) groups excluding carboxylic acids is 1. The molecule has 100 valence electrons. The third-order valence-electron chi connectivity index (χ3n) is 2.69. The van der Waals surface area contributed by atoms with Crippen molar-refractivity contribution < 1.29 is 10.0 Å². The molecule has 0 radical (unpaired) electrons. The standard InChI is InChI=1S/C16H12ClNO2/c17-15-8-6-12(7-9-15)10-14(11-18-20)16(19)13-4-2-1-3-5-13/h1-11,20H. The largest absolute Gasteiger partial charge is 0.411 e. The molecule has 0 saturated carbocycles. The normalized spacial score (nSPS) is 11.8. The van der Waals surface area contributed by atoms with Crippen LogP contribution in [0, 0.1) is 0 Å². The van der Waals surface area contributed by atoms with Crippen LogP contribution in [0.5, 0.6) is 0 Å². The van der Waals surface area contributed by atoms with Crippen LogP contribution >= 0.6 is 11.6 Å². The molecule has 0 spiro atoms. The molecule has 0 aliphatic rings. The van der Waals surface area contributed by atoms with Gasteiger partial charge in [-0.3, -0.25) is 4.79 Å². The van der Waals surface area contributed by atoms with Gasteiger partial charge in [0.25, 0.3) is 0 Å². The van der Waals surface area contributed by atoms with Gasteiger partial charge in [-0.05, 0) is 23.8 Å². The number of rotatable bonds is 4. The fourth-order valence-corrected chi connectivity index (χ4v) is 1.84. The molecule has 1 N–H and O–H groups in total. The Morgan fingerprint density at radius 1 is 1.05 bits per heavy atom. The number of halogens is 1. The Balaban J connectivity index is 2.36. The maximum absolute atomic E-state index is 12.3. The van der Waals surface area contributed by atoms with Gasteiger partial charge < -0.3 is 5.21 Å². The average molecular weight is 286 g/mol. The van der Waals surface area contributed by atoms with Crippen molar-refractivity contribution in [3.8, 4) is 0 Å². The summed E-state index contributed by atoms with van der Waals surface area (Å²) < 4.78 is 0. The molecule has 0 aliphatic carbocycles. The van der Waals surface area contributed by atoms with Crippen LogP contribution in [0.25, 0.3) is 6.08 Å². The van der Waals surface area contributed by atoms with Gasteiger partial charge in [0.1, 0.15) is 0 Å². The van der Waals surface area contributed by atoms with Gasteiger partial charge in [-0.15, -0.1) is 0 Å². The van der Waals surface area contributed by atoms with Crippen LogP contribution in [-0.2, 0) is 0 Å². The molecule has 0 heterocycles. The van der Waals surface area contributed by atoms with Crippen LogP contribution in [0.3, 0.4) is 0 Å². The Morgan fingerprint density at radius 3 is 2.30 bits per heavy atom. The second-order valence-electron chi connectivity index (χ2n) is 4.09. The number of oxime groups is 1. The van der Waals surface area contributed by atoms with Gasteiger partial charge >= 0.3 is 0 Å². The number of hydrogen-bond donors (Lipinski definition) is 1. The molecule has 0 atom stereocenters. The van der Waals surface area contributed by atoms with Crippen LogP contribution in [0.1, 0.15) is 15.9 Å². The Labute approximate surface area is 121 Å². The fourth-order valence-electron chi connectivity index (χ4n) is 1.72. The minimum absolute atomic E-state index is 0.210. The molecule has 2 aromatic carbocycles. The molecule has 2 rings (SSSR count). The van der Waals surface area contributed by atoms with Crippen LogP contribution in [-0.4, -0.2) is 17.2 Å². The summed E-state index contributed by atoms with van der Waals surface area (Å²) in [5, 5.41) is 12.3. The minimum Gasteiger partial charge on any atom is -0.411 e. The summed E-state index contributed by atoms with van der Waals surface area (Å²) in [5.74, 6) is -0.210. The van der Waals surface area contributed by atoms with Gasteiger partial charge in [0, 0.05) is 16.2 Å². The van der Waals surface area contributed by atoms with Crippen LogP contribution in [0.2, 0.25) is 5.02 Å². The number of nitrogens with zero attached hydrogens (tertiary/aromatic N) is 1. The highest BCUT2D eigenvalue weighted by Crippen LogP contribution is 2.14. The van der Waals surface area contributed by atoms with Crippen molar-refractivity contribution in [3.63, 3.8) is 0 Å². The summed E-state index contributed by atoms with van der Waals surface area (Å²) >= 11 is 5.81. The minimum atomic E-state index is -0.210. The first-order valence-electron chi connectivity index (χ1n) is 5.95. The lowest BCUT2D eigenvalue weighted by Gasteiger charge is -2.02. The number of allylic oxidation sites excluding steroid dienone is 1. The Hall–Kier alpha value is -2.39. The van der Waals surface area contributed by atoms with Crippen LogP contribution in [0.4, 0.5) is 0 Å². The SMILES string of the molecule is O=C(C(C=NO)=Cc1ccc(Cl)cc1)c1ccccc1. The van der Waals surface area contributed by atoms with Gasteiger partial charge in [-0.1, -0.05) is 59.2 Å². The van der Waals surface area contributed by atoms with E-state index >= 15 is 0 Å². The predicted octanol–water partition coefficient (Wildman–Crippen LogP) is 4.07. The second kappa shape index (κ2) is 6.68. The summed E-state index contributed by atoms with van der Waals surface area (Å²) in [6, 6.07) is 15.8. The summed E-state index contributed by atoms with van der Waals surface area (Å²) in [6.45, 7) is 0. The van der Waals surface area contributed by atoms with Crippen molar-refractivity contribution in [1.29, 1.82) is 0 Å². The zero-order chi connectivity index (χ0) is 14.4. The van der Waals surface area contributed by atoms with E-state index in [-0.39, 0.29) is 5.78 Å². The van der Waals surface area contributed by atoms with Gasteiger partial charge in [0.15, 0.2) is 5.78 Å². The summed E-state index contributed by atoms with van der Waals surface area (Å²) in [4.78, 5) is 12.3. The number of benzene rings is 2. The van der Waals surface area contributed by atoms with Crippen molar-refractivity contribution in [1.82, 2.24) is 0 Å². The highest BCUT2D eigenvalue weighted by atomic mass is 35.5. The highest BCUT2D eigenvalue weighted by Gasteiger charge is 2.10. The molecule has 20 heavy (non-hydrogen) atoms. The lowest BCUT2D eigenvalue weighted by molar-refractivity contribution is 0.104. The van der Waals surface area contributed by atoms with Gasteiger partial charge in [0.05, 0.1) is 6.21 Å². The summed E-state index contributed by atoms with van der Waals surface area (Å²) in [6.07, 6.45) is 2.77. The Bertz CT molecular complexity index is 646. The van der Waals surface area contributed by atoms with E-state index in [9.17, 15) is 4.79 Å². The van der Waals surface area contributed by atoms with E-state index in [1.807, 2.05) is 6.07 Å². The molecule has 0 aromatic heterocycles. The molecule has 0 amide bonds.